The fourth-order valence-corrected chi connectivity index (χ4v) is 5.37. The van der Waals surface area contributed by atoms with E-state index in [1.165, 1.54) is 5.56 Å². The Morgan fingerprint density at radius 3 is 2.46 bits per heavy atom. The van der Waals surface area contributed by atoms with Gasteiger partial charge in [-0.15, -0.1) is 4.68 Å². The van der Waals surface area contributed by atoms with Gasteiger partial charge in [0.25, 0.3) is 5.84 Å². The second-order valence-electron chi connectivity index (χ2n) is 9.61. The molecule has 1 saturated carbocycles. The highest BCUT2D eigenvalue weighted by Crippen LogP contribution is 2.40. The third kappa shape index (κ3) is 4.76. The monoisotopic (exact) mass is 469 g/mol. The summed E-state index contributed by atoms with van der Waals surface area (Å²) in [6, 6.07) is 20.4. The summed E-state index contributed by atoms with van der Waals surface area (Å²) in [4.78, 5) is 13.4. The minimum absolute atomic E-state index is 0.0953. The number of amides is 2. The first kappa shape index (κ1) is 23.0. The van der Waals surface area contributed by atoms with Crippen molar-refractivity contribution in [2.45, 2.75) is 45.1 Å². The second-order valence-corrected chi connectivity index (χ2v) is 9.61. The van der Waals surface area contributed by atoms with Crippen molar-refractivity contribution in [3.05, 3.63) is 84.2 Å². The molecule has 2 amide bonds. The molecule has 1 aromatic heterocycles. The topological polar surface area (TPSA) is 74.3 Å². The Balaban J connectivity index is 1.39. The van der Waals surface area contributed by atoms with Crippen molar-refractivity contribution in [2.75, 3.05) is 0 Å². The quantitative estimate of drug-likeness (QED) is 0.528. The van der Waals surface area contributed by atoms with E-state index in [0.717, 1.165) is 42.1 Å². The van der Waals surface area contributed by atoms with Crippen LogP contribution < -0.4 is 10.6 Å². The van der Waals surface area contributed by atoms with Crippen molar-refractivity contribution in [1.29, 1.82) is 0 Å². The van der Waals surface area contributed by atoms with Gasteiger partial charge in [-0.25, -0.2) is 4.79 Å². The van der Waals surface area contributed by atoms with Crippen LogP contribution in [0.2, 0.25) is 0 Å². The number of nitrogens with zero attached hydrogens (tertiary/aromatic N) is 4. The van der Waals surface area contributed by atoms with Gasteiger partial charge < -0.3 is 5.32 Å². The van der Waals surface area contributed by atoms with Gasteiger partial charge in [-0.1, -0.05) is 67.0 Å². The molecular weight excluding hydrogens is 436 g/mol. The van der Waals surface area contributed by atoms with Gasteiger partial charge >= 0.3 is 6.03 Å². The number of aromatic nitrogens is 2. The van der Waals surface area contributed by atoms with Gasteiger partial charge in [0.1, 0.15) is 11.6 Å². The lowest BCUT2D eigenvalue weighted by molar-refractivity contribution is -0.444. The first-order valence-corrected chi connectivity index (χ1v) is 12.5. The summed E-state index contributed by atoms with van der Waals surface area (Å²) in [5.74, 6) is 1.59. The maximum Gasteiger partial charge on any atom is 0.406 e. The average Bonchev–Trinajstić information content (AvgIpc) is 3.58. The lowest BCUT2D eigenvalue weighted by Gasteiger charge is -2.20. The highest BCUT2D eigenvalue weighted by molar-refractivity contribution is 6.17. The van der Waals surface area contributed by atoms with Gasteiger partial charge in [-0.3, -0.25) is 4.68 Å². The van der Waals surface area contributed by atoms with Crippen LogP contribution in [-0.2, 0) is 7.05 Å². The van der Waals surface area contributed by atoms with Crippen LogP contribution in [0.1, 0.15) is 50.2 Å². The zero-order chi connectivity index (χ0) is 24.4. The van der Waals surface area contributed by atoms with Crippen molar-refractivity contribution >= 4 is 23.3 Å². The summed E-state index contributed by atoms with van der Waals surface area (Å²) in [5.41, 5.74) is 4.03. The van der Waals surface area contributed by atoms with E-state index < -0.39 is 0 Å². The molecule has 2 N–H and O–H groups in total. The molecule has 4 atom stereocenters. The molecule has 180 valence electrons. The normalized spacial score (nSPS) is 23.9. The SMILES string of the molecule is CCC1C[C@@H](NC(=O)NC2=[N+](c3ccccc3)N=C(c3cnn(C)c3)C2C)[C@H](c2ccccc2)C1. The Hall–Kier alpha value is -3.74. The van der Waals surface area contributed by atoms with Crippen molar-refractivity contribution in [3.8, 4) is 0 Å². The lowest BCUT2D eigenvalue weighted by Crippen LogP contribution is -2.48. The highest BCUT2D eigenvalue weighted by atomic mass is 16.2. The molecular formula is C28H33N6O+. The molecule has 2 heterocycles. The number of nitrogens with one attached hydrogen (secondary N) is 2. The third-order valence-corrected chi connectivity index (χ3v) is 7.28. The standard InChI is InChI=1S/C28H32N6O/c1-4-20-15-24(21-11-7-5-8-12-21)25(16-20)30-28(35)31-27-19(2)26(22-17-29-33(3)18-22)32-34(27)23-13-9-6-10-14-23/h5-14,17-20,24-25H,4,15-16H2,1-3H3,(H,30,35)/p+1/t19?,20?,24-,25+/m0/s1. The number of benzene rings is 2. The molecule has 7 nitrogen and oxygen atoms in total. The molecule has 1 aliphatic heterocycles. The van der Waals surface area contributed by atoms with E-state index in [4.69, 9.17) is 5.10 Å². The Morgan fingerprint density at radius 1 is 1.09 bits per heavy atom. The van der Waals surface area contributed by atoms with Crippen molar-refractivity contribution in [3.63, 3.8) is 0 Å². The molecule has 0 saturated heterocycles. The predicted molar refractivity (Wildman–Crippen MR) is 138 cm³/mol. The molecule has 5 rings (SSSR count). The van der Waals surface area contributed by atoms with Gasteiger partial charge in [0, 0.05) is 30.8 Å². The van der Waals surface area contributed by atoms with Gasteiger partial charge in [-0.2, -0.15) is 10.4 Å². The van der Waals surface area contributed by atoms with E-state index in [-0.39, 0.29) is 18.0 Å². The van der Waals surface area contributed by atoms with Gasteiger partial charge in [0.15, 0.2) is 5.69 Å². The van der Waals surface area contributed by atoms with Crippen LogP contribution in [0.4, 0.5) is 10.5 Å². The predicted octanol–water partition coefficient (Wildman–Crippen LogP) is 4.79. The van der Waals surface area contributed by atoms with Crippen LogP contribution in [0.25, 0.3) is 0 Å². The molecule has 1 fully saturated rings. The number of hydrazone groups is 1. The largest absolute Gasteiger partial charge is 0.406 e. The summed E-state index contributed by atoms with van der Waals surface area (Å²) >= 11 is 0. The van der Waals surface area contributed by atoms with Crippen LogP contribution in [0.3, 0.4) is 0 Å². The number of carbonyl (C=O) groups excluding carboxylic acids is 1. The number of hydrogen-bond acceptors (Lipinski definition) is 3. The number of carbonyl (C=O) groups is 1. The minimum Gasteiger partial charge on any atom is -0.315 e. The molecule has 2 aliphatic rings. The van der Waals surface area contributed by atoms with E-state index in [2.05, 4.69) is 53.8 Å². The first-order chi connectivity index (χ1) is 17.0. The fraction of sp³-hybridized carbons (Fsp3) is 0.357. The summed E-state index contributed by atoms with van der Waals surface area (Å²) < 4.78 is 3.61. The van der Waals surface area contributed by atoms with Crippen LogP contribution in [0, 0.1) is 11.8 Å². The minimum atomic E-state index is -0.182. The van der Waals surface area contributed by atoms with E-state index in [0.29, 0.717) is 11.8 Å². The lowest BCUT2D eigenvalue weighted by atomic mass is 9.93. The number of hydrogen-bond donors (Lipinski definition) is 2. The number of amidine groups is 1. The van der Waals surface area contributed by atoms with E-state index in [9.17, 15) is 4.79 Å². The van der Waals surface area contributed by atoms with E-state index in [1.807, 2.05) is 60.5 Å². The molecule has 35 heavy (non-hydrogen) atoms. The van der Waals surface area contributed by atoms with E-state index >= 15 is 0 Å². The Morgan fingerprint density at radius 2 is 1.80 bits per heavy atom. The van der Waals surface area contributed by atoms with Crippen molar-refractivity contribution in [2.24, 2.45) is 24.0 Å². The van der Waals surface area contributed by atoms with Crippen molar-refractivity contribution in [1.82, 2.24) is 20.4 Å². The zero-order valence-electron chi connectivity index (χ0n) is 20.6. The number of rotatable bonds is 5. The van der Waals surface area contributed by atoms with Crippen LogP contribution >= 0.6 is 0 Å². The summed E-state index contributed by atoms with van der Waals surface area (Å²) in [6.45, 7) is 4.31. The smallest absolute Gasteiger partial charge is 0.315 e. The molecule has 3 aromatic rings. The Labute approximate surface area is 206 Å². The molecule has 0 bridgehead atoms. The Kier molecular flexibility index (Phi) is 6.49. The molecule has 2 unspecified atom stereocenters. The summed E-state index contributed by atoms with van der Waals surface area (Å²) in [5, 5.41) is 15.7. The number of aryl methyl sites for hydroxylation is 1. The van der Waals surface area contributed by atoms with Crippen LogP contribution in [0.5, 0.6) is 0 Å². The molecule has 0 spiro atoms. The summed E-state index contributed by atoms with van der Waals surface area (Å²) in [7, 11) is 1.89. The molecule has 1 aliphatic carbocycles. The highest BCUT2D eigenvalue weighted by Gasteiger charge is 2.40. The fourth-order valence-electron chi connectivity index (χ4n) is 5.37. The maximum absolute atomic E-state index is 13.4. The van der Waals surface area contributed by atoms with Crippen molar-refractivity contribution < 1.29 is 9.48 Å². The van der Waals surface area contributed by atoms with Gasteiger partial charge in [0.2, 0.25) is 0 Å². The van der Waals surface area contributed by atoms with Gasteiger partial charge in [0.05, 0.1) is 6.20 Å². The number of para-hydroxylation sites is 1. The average molecular weight is 470 g/mol. The molecule has 7 heteroatoms. The van der Waals surface area contributed by atoms with Crippen LogP contribution in [0.15, 0.2) is 78.2 Å². The van der Waals surface area contributed by atoms with E-state index in [1.54, 1.807) is 4.68 Å². The zero-order valence-corrected chi connectivity index (χ0v) is 20.6. The maximum atomic E-state index is 13.4. The third-order valence-electron chi connectivity index (χ3n) is 7.28. The second kappa shape index (κ2) is 9.86. The van der Waals surface area contributed by atoms with Gasteiger partial charge in [-0.05, 0) is 43.4 Å². The first-order valence-electron chi connectivity index (χ1n) is 12.5. The summed E-state index contributed by atoms with van der Waals surface area (Å²) in [6.07, 6.45) is 6.99. The molecule has 2 aromatic carbocycles. The Bertz CT molecular complexity index is 1250. The van der Waals surface area contributed by atoms with Crippen LogP contribution in [-0.4, -0.2) is 38.1 Å². The number of urea groups is 1. The molecule has 0 radical (unpaired) electrons.